The summed E-state index contributed by atoms with van der Waals surface area (Å²) >= 11 is 0. The maximum atomic E-state index is 4.54. The molecule has 0 saturated heterocycles. The Kier molecular flexibility index (Phi) is 4.55. The average Bonchev–Trinajstić information content (AvgIpc) is 2.64. The fourth-order valence-corrected chi connectivity index (χ4v) is 3.42. The molecule has 0 saturated carbocycles. The minimum atomic E-state index is 0.735. The molecule has 4 aromatic rings. The number of hydrogen-bond acceptors (Lipinski definition) is 4. The van der Waals surface area contributed by atoms with Gasteiger partial charge in [-0.3, -0.25) is 4.98 Å². The highest BCUT2D eigenvalue weighted by Gasteiger charge is 2.11. The van der Waals surface area contributed by atoms with E-state index in [1.807, 2.05) is 24.5 Å². The number of pyridine rings is 1. The molecule has 0 aliphatic rings. The lowest BCUT2D eigenvalue weighted by Gasteiger charge is -2.13. The van der Waals surface area contributed by atoms with Crippen LogP contribution >= 0.6 is 0 Å². The zero-order valence-corrected chi connectivity index (χ0v) is 15.8. The van der Waals surface area contributed by atoms with Crippen LogP contribution in [0.3, 0.4) is 0 Å². The summed E-state index contributed by atoms with van der Waals surface area (Å²) in [5.41, 5.74) is 6.83. The third-order valence-electron chi connectivity index (χ3n) is 4.62. The van der Waals surface area contributed by atoms with Gasteiger partial charge in [0.2, 0.25) is 0 Å². The number of aryl methyl sites for hydroxylation is 3. The molecule has 0 bridgehead atoms. The molecule has 134 valence electrons. The van der Waals surface area contributed by atoms with Gasteiger partial charge in [-0.15, -0.1) is 5.10 Å². The molecular weight excluding hydrogens is 332 g/mol. The molecule has 0 fully saturated rings. The number of benzene rings is 2. The Morgan fingerprint density at radius 2 is 1.48 bits per heavy atom. The van der Waals surface area contributed by atoms with Gasteiger partial charge >= 0.3 is 0 Å². The Morgan fingerprint density at radius 3 is 2.22 bits per heavy atom. The van der Waals surface area contributed by atoms with E-state index in [4.69, 9.17) is 0 Å². The smallest absolute Gasteiger partial charge is 0.160 e. The second kappa shape index (κ2) is 7.16. The van der Waals surface area contributed by atoms with Crippen molar-refractivity contribution < 1.29 is 0 Å². The first-order chi connectivity index (χ1) is 13.1. The molecule has 27 heavy (non-hydrogen) atoms. The zero-order valence-electron chi connectivity index (χ0n) is 15.8. The van der Waals surface area contributed by atoms with E-state index in [0.717, 1.165) is 34.4 Å². The van der Waals surface area contributed by atoms with Gasteiger partial charge in [0, 0.05) is 35.3 Å². The van der Waals surface area contributed by atoms with Gasteiger partial charge in [0.25, 0.3) is 0 Å². The van der Waals surface area contributed by atoms with Crippen molar-refractivity contribution in [3.63, 3.8) is 0 Å². The lowest BCUT2D eigenvalue weighted by molar-refractivity contribution is 0.960. The highest BCUT2D eigenvalue weighted by molar-refractivity contribution is 5.95. The van der Waals surface area contributed by atoms with Gasteiger partial charge in [-0.1, -0.05) is 23.8 Å². The average molecular weight is 354 g/mol. The number of anilines is 2. The van der Waals surface area contributed by atoms with Crippen molar-refractivity contribution in [1.29, 1.82) is 0 Å². The fraction of sp³-hybridized carbons (Fsp3) is 0.174. The highest BCUT2D eigenvalue weighted by Crippen LogP contribution is 2.28. The molecule has 2 aromatic carbocycles. The summed E-state index contributed by atoms with van der Waals surface area (Å²) in [5.74, 6) is 0.789. The largest absolute Gasteiger partial charge is 0.338 e. The molecule has 0 aliphatic carbocycles. The Hall–Kier alpha value is -3.27. The van der Waals surface area contributed by atoms with Gasteiger partial charge in [0.1, 0.15) is 0 Å². The summed E-state index contributed by atoms with van der Waals surface area (Å²) < 4.78 is 0. The molecule has 0 unspecified atom stereocenters. The number of fused-ring (bicyclic) bond motifs is 1. The summed E-state index contributed by atoms with van der Waals surface area (Å²) in [4.78, 5) is 4.09. The van der Waals surface area contributed by atoms with Crippen LogP contribution in [0, 0.1) is 20.8 Å². The van der Waals surface area contributed by atoms with Crippen molar-refractivity contribution in [2.75, 3.05) is 5.32 Å². The molecule has 4 rings (SSSR count). The van der Waals surface area contributed by atoms with E-state index in [-0.39, 0.29) is 0 Å². The summed E-state index contributed by atoms with van der Waals surface area (Å²) in [6.45, 7) is 6.30. The van der Waals surface area contributed by atoms with Crippen LogP contribution in [0.25, 0.3) is 10.8 Å². The molecule has 0 spiro atoms. The summed E-state index contributed by atoms with van der Waals surface area (Å²) in [5, 5.41) is 14.7. The lowest BCUT2D eigenvalue weighted by atomic mass is 10.0. The summed E-state index contributed by atoms with van der Waals surface area (Å²) in [7, 11) is 0. The number of nitrogens with one attached hydrogen (secondary N) is 1. The normalized spacial score (nSPS) is 10.9. The van der Waals surface area contributed by atoms with Crippen LogP contribution in [-0.2, 0) is 6.42 Å². The minimum absolute atomic E-state index is 0.735. The maximum Gasteiger partial charge on any atom is 0.160 e. The predicted molar refractivity (Wildman–Crippen MR) is 111 cm³/mol. The second-order valence-electron chi connectivity index (χ2n) is 7.08. The molecule has 2 aromatic heterocycles. The Labute approximate surface area is 159 Å². The number of hydrogen-bond donors (Lipinski definition) is 1. The molecular formula is C23H22N4. The second-order valence-corrected chi connectivity index (χ2v) is 7.08. The molecule has 0 amide bonds. The number of rotatable bonds is 4. The van der Waals surface area contributed by atoms with Crippen LogP contribution in [0.15, 0.2) is 60.9 Å². The first kappa shape index (κ1) is 17.2. The van der Waals surface area contributed by atoms with Crippen molar-refractivity contribution in [3.05, 3.63) is 88.9 Å². The number of nitrogens with zero attached hydrogens (tertiary/aromatic N) is 3. The molecule has 0 aliphatic heterocycles. The lowest BCUT2D eigenvalue weighted by Crippen LogP contribution is -2.03. The van der Waals surface area contributed by atoms with E-state index >= 15 is 0 Å². The van der Waals surface area contributed by atoms with Crippen molar-refractivity contribution >= 4 is 22.3 Å². The summed E-state index contributed by atoms with van der Waals surface area (Å²) in [6.07, 6.45) is 4.36. The Morgan fingerprint density at radius 1 is 0.741 bits per heavy atom. The van der Waals surface area contributed by atoms with Gasteiger partial charge in [0.15, 0.2) is 5.82 Å². The topological polar surface area (TPSA) is 50.7 Å². The van der Waals surface area contributed by atoms with E-state index in [1.165, 1.54) is 22.3 Å². The molecule has 2 heterocycles. The summed E-state index contributed by atoms with van der Waals surface area (Å²) in [6, 6.07) is 16.9. The van der Waals surface area contributed by atoms with Gasteiger partial charge in [-0.25, -0.2) is 0 Å². The van der Waals surface area contributed by atoms with Gasteiger partial charge in [-0.05, 0) is 67.8 Å². The third kappa shape index (κ3) is 3.80. The van der Waals surface area contributed by atoms with Crippen LogP contribution in [0.5, 0.6) is 0 Å². The van der Waals surface area contributed by atoms with E-state index in [9.17, 15) is 0 Å². The van der Waals surface area contributed by atoms with Gasteiger partial charge < -0.3 is 5.32 Å². The zero-order chi connectivity index (χ0) is 18.8. The van der Waals surface area contributed by atoms with Crippen LogP contribution < -0.4 is 5.32 Å². The van der Waals surface area contributed by atoms with Crippen LogP contribution in [0.4, 0.5) is 11.5 Å². The highest BCUT2D eigenvalue weighted by atomic mass is 15.2. The first-order valence-corrected chi connectivity index (χ1v) is 9.08. The standard InChI is InChI=1S/C23H22N4/c1-15-4-5-20-21(13-15)23(25-19-11-16(2)10-17(3)12-19)27-26-22(20)14-18-6-8-24-9-7-18/h4-13H,14H2,1-3H3,(H,25,27). The van der Waals surface area contributed by atoms with Crippen molar-refractivity contribution in [2.24, 2.45) is 0 Å². The van der Waals surface area contributed by atoms with Crippen LogP contribution in [-0.4, -0.2) is 15.2 Å². The monoisotopic (exact) mass is 354 g/mol. The van der Waals surface area contributed by atoms with Crippen LogP contribution in [0.2, 0.25) is 0 Å². The molecule has 4 heteroatoms. The van der Waals surface area contributed by atoms with Gasteiger partial charge in [0.05, 0.1) is 5.69 Å². The van der Waals surface area contributed by atoms with Crippen molar-refractivity contribution in [3.8, 4) is 0 Å². The first-order valence-electron chi connectivity index (χ1n) is 9.08. The maximum absolute atomic E-state index is 4.54. The van der Waals surface area contributed by atoms with Crippen molar-refractivity contribution in [2.45, 2.75) is 27.2 Å². The van der Waals surface area contributed by atoms with E-state index in [2.05, 4.69) is 77.7 Å². The van der Waals surface area contributed by atoms with E-state index in [1.54, 1.807) is 0 Å². The molecule has 0 radical (unpaired) electrons. The van der Waals surface area contributed by atoms with Crippen molar-refractivity contribution in [1.82, 2.24) is 15.2 Å². The van der Waals surface area contributed by atoms with Crippen LogP contribution in [0.1, 0.15) is 27.9 Å². The van der Waals surface area contributed by atoms with E-state index < -0.39 is 0 Å². The molecule has 1 N–H and O–H groups in total. The number of aromatic nitrogens is 3. The van der Waals surface area contributed by atoms with Gasteiger partial charge in [-0.2, -0.15) is 5.10 Å². The quantitative estimate of drug-likeness (QED) is 0.541. The Balaban J connectivity index is 1.78. The van der Waals surface area contributed by atoms with E-state index in [0.29, 0.717) is 0 Å². The molecule has 4 nitrogen and oxygen atoms in total. The molecule has 0 atom stereocenters. The fourth-order valence-electron chi connectivity index (χ4n) is 3.42. The third-order valence-corrected chi connectivity index (χ3v) is 4.62. The minimum Gasteiger partial charge on any atom is -0.338 e. The SMILES string of the molecule is Cc1cc(C)cc(Nc2nnc(Cc3ccncc3)c3ccc(C)cc23)c1. The Bertz CT molecular complexity index is 1080. The predicted octanol–water partition coefficient (Wildman–Crippen LogP) is 5.28.